The summed E-state index contributed by atoms with van der Waals surface area (Å²) in [7, 11) is 0. The molecule has 0 unspecified atom stereocenters. The number of para-hydroxylation sites is 2. The molecule has 3 nitrogen and oxygen atoms in total. The number of benzene rings is 1. The van der Waals surface area contributed by atoms with Crippen molar-refractivity contribution in [3.63, 3.8) is 0 Å². The fraction of sp³-hybridized carbons (Fsp3) is 0.562. The summed E-state index contributed by atoms with van der Waals surface area (Å²) in [5.74, 6) is 2.44. The van der Waals surface area contributed by atoms with Gasteiger partial charge in [0.15, 0.2) is 0 Å². The van der Waals surface area contributed by atoms with Crippen LogP contribution in [0.1, 0.15) is 38.4 Å². The van der Waals surface area contributed by atoms with Gasteiger partial charge in [-0.05, 0) is 44.0 Å². The predicted octanol–water partition coefficient (Wildman–Crippen LogP) is 3.16. The van der Waals surface area contributed by atoms with Gasteiger partial charge in [0.1, 0.15) is 5.82 Å². The molecular formula is C16H23N3. The Hall–Kier alpha value is -1.35. The van der Waals surface area contributed by atoms with Crippen LogP contribution in [-0.4, -0.2) is 22.6 Å². The zero-order valence-electron chi connectivity index (χ0n) is 11.9. The van der Waals surface area contributed by atoms with Crippen LogP contribution in [-0.2, 0) is 6.54 Å². The maximum Gasteiger partial charge on any atom is 0.112 e. The van der Waals surface area contributed by atoms with Crippen LogP contribution >= 0.6 is 0 Å². The molecule has 2 heterocycles. The number of nitrogens with zero attached hydrogens (tertiary/aromatic N) is 2. The second-order valence-electron chi connectivity index (χ2n) is 5.94. The summed E-state index contributed by atoms with van der Waals surface area (Å²) in [6.07, 6.45) is 2.63. The highest BCUT2D eigenvalue weighted by Gasteiger charge is 2.18. The van der Waals surface area contributed by atoms with Crippen LogP contribution < -0.4 is 5.32 Å². The van der Waals surface area contributed by atoms with Crippen molar-refractivity contribution in [3.05, 3.63) is 30.1 Å². The lowest BCUT2D eigenvalue weighted by Gasteiger charge is -2.24. The molecule has 1 fully saturated rings. The van der Waals surface area contributed by atoms with Crippen LogP contribution in [0.4, 0.5) is 0 Å². The van der Waals surface area contributed by atoms with Gasteiger partial charge in [-0.3, -0.25) is 0 Å². The molecule has 0 spiro atoms. The molecule has 2 aromatic rings. The normalized spacial score (nSPS) is 20.3. The van der Waals surface area contributed by atoms with Gasteiger partial charge in [-0.2, -0.15) is 0 Å². The van der Waals surface area contributed by atoms with Gasteiger partial charge in [-0.15, -0.1) is 0 Å². The number of piperidine rings is 1. The molecule has 0 radical (unpaired) electrons. The van der Waals surface area contributed by atoms with Crippen molar-refractivity contribution in [2.45, 2.75) is 39.2 Å². The molecule has 3 rings (SSSR count). The largest absolute Gasteiger partial charge is 0.327 e. The molecular weight excluding hydrogens is 234 g/mol. The Morgan fingerprint density at radius 2 is 2.21 bits per heavy atom. The van der Waals surface area contributed by atoms with E-state index in [1.807, 2.05) is 0 Å². The Morgan fingerprint density at radius 1 is 1.37 bits per heavy atom. The van der Waals surface area contributed by atoms with E-state index >= 15 is 0 Å². The highest BCUT2D eigenvalue weighted by atomic mass is 15.1. The van der Waals surface area contributed by atoms with E-state index in [9.17, 15) is 0 Å². The first kappa shape index (κ1) is 12.7. The van der Waals surface area contributed by atoms with Crippen LogP contribution in [0.15, 0.2) is 24.3 Å². The number of hydrogen-bond acceptors (Lipinski definition) is 2. The van der Waals surface area contributed by atoms with Crippen molar-refractivity contribution in [2.75, 3.05) is 13.1 Å². The van der Waals surface area contributed by atoms with Crippen molar-refractivity contribution in [2.24, 2.45) is 5.92 Å². The molecule has 1 aliphatic heterocycles. The van der Waals surface area contributed by atoms with Gasteiger partial charge >= 0.3 is 0 Å². The maximum absolute atomic E-state index is 4.82. The van der Waals surface area contributed by atoms with E-state index in [-0.39, 0.29) is 0 Å². The number of nitrogens with one attached hydrogen (secondary N) is 1. The number of hydrogen-bond donors (Lipinski definition) is 1. The lowest BCUT2D eigenvalue weighted by Crippen LogP contribution is -2.32. The van der Waals surface area contributed by atoms with E-state index < -0.39 is 0 Å². The standard InChI is InChI=1S/C16H23N3/c1-12(2)16-18-14-7-3-4-8-15(14)19(16)11-13-6-5-9-17-10-13/h3-4,7-8,12-13,17H,5-6,9-11H2,1-2H3/t13-/m1/s1. The minimum absolute atomic E-state index is 0.476. The van der Waals surface area contributed by atoms with Crippen molar-refractivity contribution in [1.29, 1.82) is 0 Å². The molecule has 0 amide bonds. The Bertz CT molecular complexity index is 550. The molecule has 3 heteroatoms. The molecule has 1 aliphatic rings. The van der Waals surface area contributed by atoms with Gasteiger partial charge in [0.05, 0.1) is 11.0 Å². The van der Waals surface area contributed by atoms with E-state index in [0.29, 0.717) is 5.92 Å². The van der Waals surface area contributed by atoms with Crippen LogP contribution in [0.25, 0.3) is 11.0 Å². The fourth-order valence-corrected chi connectivity index (χ4v) is 3.06. The second kappa shape index (κ2) is 5.33. The Balaban J connectivity index is 1.97. The monoisotopic (exact) mass is 257 g/mol. The molecule has 0 aliphatic carbocycles. The minimum atomic E-state index is 0.476. The lowest BCUT2D eigenvalue weighted by atomic mass is 9.99. The average molecular weight is 257 g/mol. The topological polar surface area (TPSA) is 29.9 Å². The molecule has 0 saturated carbocycles. The third-order valence-electron chi connectivity index (χ3n) is 4.04. The number of aromatic nitrogens is 2. The quantitative estimate of drug-likeness (QED) is 0.915. The lowest BCUT2D eigenvalue weighted by molar-refractivity contribution is 0.335. The van der Waals surface area contributed by atoms with Gasteiger partial charge in [0.25, 0.3) is 0 Å². The summed E-state index contributed by atoms with van der Waals surface area (Å²) < 4.78 is 2.44. The van der Waals surface area contributed by atoms with Crippen molar-refractivity contribution >= 4 is 11.0 Å². The first-order chi connectivity index (χ1) is 9.25. The minimum Gasteiger partial charge on any atom is -0.327 e. The summed E-state index contributed by atoms with van der Waals surface area (Å²) in [4.78, 5) is 4.82. The molecule has 1 atom stereocenters. The Kier molecular flexibility index (Phi) is 3.56. The summed E-state index contributed by atoms with van der Waals surface area (Å²) in [5, 5.41) is 3.51. The average Bonchev–Trinajstić information content (AvgIpc) is 2.79. The highest BCUT2D eigenvalue weighted by molar-refractivity contribution is 5.76. The van der Waals surface area contributed by atoms with Crippen LogP contribution in [0.5, 0.6) is 0 Å². The first-order valence-electron chi connectivity index (χ1n) is 7.41. The maximum atomic E-state index is 4.82. The van der Waals surface area contributed by atoms with Crippen molar-refractivity contribution in [1.82, 2.24) is 14.9 Å². The molecule has 1 saturated heterocycles. The van der Waals surface area contributed by atoms with Gasteiger partial charge in [-0.1, -0.05) is 26.0 Å². The van der Waals surface area contributed by atoms with Gasteiger partial charge in [-0.25, -0.2) is 4.98 Å². The molecule has 1 N–H and O–H groups in total. The van der Waals surface area contributed by atoms with E-state index in [0.717, 1.165) is 24.5 Å². The molecule has 1 aromatic carbocycles. The van der Waals surface area contributed by atoms with Crippen LogP contribution in [0.3, 0.4) is 0 Å². The predicted molar refractivity (Wildman–Crippen MR) is 79.4 cm³/mol. The van der Waals surface area contributed by atoms with Crippen LogP contribution in [0, 0.1) is 5.92 Å². The smallest absolute Gasteiger partial charge is 0.112 e. The van der Waals surface area contributed by atoms with Crippen molar-refractivity contribution in [3.8, 4) is 0 Å². The first-order valence-corrected chi connectivity index (χ1v) is 7.41. The van der Waals surface area contributed by atoms with E-state index in [2.05, 4.69) is 48.0 Å². The van der Waals surface area contributed by atoms with E-state index in [4.69, 9.17) is 4.98 Å². The van der Waals surface area contributed by atoms with Crippen molar-refractivity contribution < 1.29 is 0 Å². The number of rotatable bonds is 3. The molecule has 102 valence electrons. The Morgan fingerprint density at radius 3 is 2.95 bits per heavy atom. The summed E-state index contributed by atoms with van der Waals surface area (Å²) >= 11 is 0. The number of fused-ring (bicyclic) bond motifs is 1. The molecule has 19 heavy (non-hydrogen) atoms. The Labute approximate surface area is 115 Å². The highest BCUT2D eigenvalue weighted by Crippen LogP contribution is 2.24. The van der Waals surface area contributed by atoms with E-state index in [1.165, 1.54) is 30.7 Å². The summed E-state index contributed by atoms with van der Waals surface area (Å²) in [5.41, 5.74) is 2.42. The second-order valence-corrected chi connectivity index (χ2v) is 5.94. The third kappa shape index (κ3) is 2.52. The van der Waals surface area contributed by atoms with E-state index in [1.54, 1.807) is 0 Å². The van der Waals surface area contributed by atoms with Gasteiger partial charge in [0.2, 0.25) is 0 Å². The summed E-state index contributed by atoms with van der Waals surface area (Å²) in [6.45, 7) is 7.89. The number of imidazole rings is 1. The molecule has 0 bridgehead atoms. The van der Waals surface area contributed by atoms with Gasteiger partial charge < -0.3 is 9.88 Å². The van der Waals surface area contributed by atoms with Crippen LogP contribution in [0.2, 0.25) is 0 Å². The molecule has 1 aromatic heterocycles. The fourth-order valence-electron chi connectivity index (χ4n) is 3.06. The van der Waals surface area contributed by atoms with Gasteiger partial charge in [0, 0.05) is 12.5 Å². The summed E-state index contributed by atoms with van der Waals surface area (Å²) in [6, 6.07) is 8.51. The SMILES string of the molecule is CC(C)c1nc2ccccc2n1C[C@@H]1CCCNC1. The third-order valence-corrected chi connectivity index (χ3v) is 4.04. The zero-order valence-corrected chi connectivity index (χ0v) is 11.9. The zero-order chi connectivity index (χ0) is 13.2.